The zero-order valence-corrected chi connectivity index (χ0v) is 24.4. The summed E-state index contributed by atoms with van der Waals surface area (Å²) in [6.07, 6.45) is 9.25. The molecule has 3 aromatic carbocycles. The predicted molar refractivity (Wildman–Crippen MR) is 168 cm³/mol. The molecule has 0 spiro atoms. The number of fused-ring (bicyclic) bond motifs is 1. The minimum absolute atomic E-state index is 0.282. The number of allylic oxidation sites excluding steroid dienone is 3. The van der Waals surface area contributed by atoms with Crippen molar-refractivity contribution < 1.29 is 22.7 Å². The summed E-state index contributed by atoms with van der Waals surface area (Å²) in [7, 11) is 0. The van der Waals surface area contributed by atoms with Gasteiger partial charge in [-0.1, -0.05) is 24.3 Å². The van der Waals surface area contributed by atoms with E-state index in [1.165, 1.54) is 12.1 Å². The number of benzene rings is 3. The number of hydrogen-bond acceptors (Lipinski definition) is 8. The number of anilines is 4. The molecular weight excluding hydrogens is 595 g/mol. The van der Waals surface area contributed by atoms with Gasteiger partial charge in [-0.05, 0) is 66.2 Å². The van der Waals surface area contributed by atoms with Crippen molar-refractivity contribution in [2.24, 2.45) is 0 Å². The summed E-state index contributed by atoms with van der Waals surface area (Å²) in [6, 6.07) is 16.6. The summed E-state index contributed by atoms with van der Waals surface area (Å²) in [5.74, 6) is -2.86. The van der Waals surface area contributed by atoms with Crippen LogP contribution in [-0.4, -0.2) is 47.2 Å². The molecule has 0 aliphatic carbocycles. The number of halogens is 3. The first kappa shape index (κ1) is 29.3. The Bertz CT molecular complexity index is 1890. The fourth-order valence-electron chi connectivity index (χ4n) is 5.69. The molecule has 1 saturated heterocycles. The second-order valence-corrected chi connectivity index (χ2v) is 10.8. The summed E-state index contributed by atoms with van der Waals surface area (Å²) in [5.41, 5.74) is 7.22. The number of morpholine rings is 1. The van der Waals surface area contributed by atoms with E-state index in [1.807, 2.05) is 40.4 Å². The molecule has 1 fully saturated rings. The van der Waals surface area contributed by atoms with Gasteiger partial charge in [-0.15, -0.1) is 0 Å². The highest BCUT2D eigenvalue weighted by molar-refractivity contribution is 6.04. The minimum atomic E-state index is -0.947. The fourth-order valence-corrected chi connectivity index (χ4v) is 5.69. The van der Waals surface area contributed by atoms with Crippen LogP contribution in [0.2, 0.25) is 0 Å². The van der Waals surface area contributed by atoms with Crippen LogP contribution in [0.25, 0.3) is 5.57 Å². The van der Waals surface area contributed by atoms with Crippen LogP contribution in [0.5, 0.6) is 0 Å². The van der Waals surface area contributed by atoms with Gasteiger partial charge in [0.25, 0.3) is 5.91 Å². The standard InChI is InChI=1S/C34H28F3N7O2/c35-24-7-4-8-25(36)30(24)33(45)39-22-6-3-5-21(19-22)32-31(29-9-1-2-14-44(29)42-32)27-12-13-38-34(41-27)40-23-10-11-28(26(37)20-23)43-15-17-46-18-16-43/h1-14,19-20,32,42H,15-18H2,(H,39,45)(H,38,40,41). The molecule has 7 rings (SSSR count). The second kappa shape index (κ2) is 12.5. The Morgan fingerprint density at radius 3 is 2.52 bits per heavy atom. The van der Waals surface area contributed by atoms with Crippen molar-refractivity contribution in [2.45, 2.75) is 6.04 Å². The average Bonchev–Trinajstić information content (AvgIpc) is 3.45. The third-order valence-electron chi connectivity index (χ3n) is 7.85. The largest absolute Gasteiger partial charge is 0.378 e. The first-order chi connectivity index (χ1) is 22.4. The lowest BCUT2D eigenvalue weighted by molar-refractivity contribution is 0.101. The Labute approximate surface area is 262 Å². The number of hydrogen-bond donors (Lipinski definition) is 3. The number of aromatic nitrogens is 2. The van der Waals surface area contributed by atoms with Gasteiger partial charge in [0.2, 0.25) is 5.95 Å². The van der Waals surface area contributed by atoms with Gasteiger partial charge in [-0.3, -0.25) is 9.80 Å². The van der Waals surface area contributed by atoms with E-state index < -0.39 is 29.1 Å². The maximum atomic E-state index is 15.1. The molecule has 0 bridgehead atoms. The van der Waals surface area contributed by atoms with Gasteiger partial charge in [0.1, 0.15) is 23.0 Å². The molecule has 3 N–H and O–H groups in total. The highest BCUT2D eigenvalue weighted by atomic mass is 19.1. The first-order valence-electron chi connectivity index (χ1n) is 14.7. The lowest BCUT2D eigenvalue weighted by atomic mass is 9.95. The van der Waals surface area contributed by atoms with Gasteiger partial charge >= 0.3 is 0 Å². The van der Waals surface area contributed by atoms with Crippen molar-refractivity contribution in [2.75, 3.05) is 41.8 Å². The van der Waals surface area contributed by atoms with Gasteiger partial charge in [0, 0.05) is 42.4 Å². The smallest absolute Gasteiger partial charge is 0.261 e. The van der Waals surface area contributed by atoms with Gasteiger partial charge in [-0.25, -0.2) is 28.6 Å². The topological polar surface area (TPSA) is 94.7 Å². The third-order valence-corrected chi connectivity index (χ3v) is 7.85. The van der Waals surface area contributed by atoms with E-state index in [2.05, 4.69) is 21.0 Å². The number of nitrogens with one attached hydrogen (secondary N) is 3. The van der Waals surface area contributed by atoms with Crippen molar-refractivity contribution in [1.82, 2.24) is 20.4 Å². The van der Waals surface area contributed by atoms with E-state index >= 15 is 4.39 Å². The maximum absolute atomic E-state index is 15.1. The lowest BCUT2D eigenvalue weighted by Gasteiger charge is -2.29. The quantitative estimate of drug-likeness (QED) is 0.228. The molecule has 232 valence electrons. The number of carbonyl (C=O) groups excluding carboxylic acids is 1. The van der Waals surface area contributed by atoms with Crippen molar-refractivity contribution in [3.63, 3.8) is 0 Å². The van der Waals surface area contributed by atoms with Crippen molar-refractivity contribution >= 4 is 34.5 Å². The second-order valence-electron chi connectivity index (χ2n) is 10.8. The molecule has 1 unspecified atom stereocenters. The predicted octanol–water partition coefficient (Wildman–Crippen LogP) is 6.08. The first-order valence-corrected chi connectivity index (χ1v) is 14.7. The number of carbonyl (C=O) groups is 1. The van der Waals surface area contributed by atoms with Gasteiger partial charge in [0.15, 0.2) is 0 Å². The van der Waals surface area contributed by atoms with Gasteiger partial charge in [-0.2, -0.15) is 0 Å². The molecule has 0 radical (unpaired) electrons. The van der Waals surface area contributed by atoms with Crippen LogP contribution in [-0.2, 0) is 4.74 Å². The molecule has 1 atom stereocenters. The SMILES string of the molecule is O=C(Nc1cccc(C2NN3C=CC=CC3=C2c2ccnc(Nc3ccc(N4CCOCC4)c(F)c3)n2)c1)c1c(F)cccc1F. The summed E-state index contributed by atoms with van der Waals surface area (Å²) in [5, 5.41) is 7.59. The minimum Gasteiger partial charge on any atom is -0.378 e. The summed E-state index contributed by atoms with van der Waals surface area (Å²) in [6.45, 7) is 2.37. The summed E-state index contributed by atoms with van der Waals surface area (Å²) >= 11 is 0. The van der Waals surface area contributed by atoms with Crippen LogP contribution >= 0.6 is 0 Å². The highest BCUT2D eigenvalue weighted by Crippen LogP contribution is 2.40. The normalized spacial score (nSPS) is 17.3. The summed E-state index contributed by atoms with van der Waals surface area (Å²) < 4.78 is 48.9. The molecule has 1 amide bonds. The Kier molecular flexibility index (Phi) is 7.95. The Morgan fingerprint density at radius 2 is 1.72 bits per heavy atom. The van der Waals surface area contributed by atoms with Gasteiger partial charge in [0.05, 0.1) is 36.3 Å². The molecule has 46 heavy (non-hydrogen) atoms. The molecule has 0 saturated carbocycles. The zero-order chi connectivity index (χ0) is 31.6. The van der Waals surface area contributed by atoms with Crippen LogP contribution in [0, 0.1) is 17.5 Å². The Balaban J connectivity index is 1.16. The van der Waals surface area contributed by atoms with Crippen LogP contribution < -0.4 is 21.0 Å². The number of rotatable bonds is 7. The van der Waals surface area contributed by atoms with Crippen LogP contribution in [0.15, 0.2) is 103 Å². The van der Waals surface area contributed by atoms with E-state index in [9.17, 15) is 13.6 Å². The maximum Gasteiger partial charge on any atom is 0.261 e. The van der Waals surface area contributed by atoms with E-state index in [0.717, 1.165) is 29.0 Å². The van der Waals surface area contributed by atoms with Crippen LogP contribution in [0.3, 0.4) is 0 Å². The average molecular weight is 624 g/mol. The van der Waals surface area contributed by atoms with E-state index in [1.54, 1.807) is 42.6 Å². The number of ether oxygens (including phenoxy) is 1. The monoisotopic (exact) mass is 623 g/mol. The molecule has 9 nitrogen and oxygen atoms in total. The lowest BCUT2D eigenvalue weighted by Crippen LogP contribution is -2.36. The number of amides is 1. The molecule has 12 heteroatoms. The van der Waals surface area contributed by atoms with Crippen LogP contribution in [0.1, 0.15) is 27.7 Å². The van der Waals surface area contributed by atoms with Crippen molar-refractivity contribution in [3.8, 4) is 0 Å². The van der Waals surface area contributed by atoms with E-state index in [4.69, 9.17) is 9.72 Å². The molecule has 1 aromatic heterocycles. The van der Waals surface area contributed by atoms with Gasteiger partial charge < -0.3 is 20.3 Å². The molecular formula is C34H28F3N7O2. The number of hydrazine groups is 1. The van der Waals surface area contributed by atoms with Crippen LogP contribution in [0.4, 0.5) is 36.2 Å². The van der Waals surface area contributed by atoms with Crippen molar-refractivity contribution in [3.05, 3.63) is 137 Å². The summed E-state index contributed by atoms with van der Waals surface area (Å²) in [4.78, 5) is 23.9. The fraction of sp³-hybridized carbons (Fsp3) is 0.147. The third kappa shape index (κ3) is 5.83. The van der Waals surface area contributed by atoms with Crippen molar-refractivity contribution in [1.29, 1.82) is 0 Å². The number of nitrogens with zero attached hydrogens (tertiary/aromatic N) is 4. The van der Waals surface area contributed by atoms with E-state index in [0.29, 0.717) is 49.1 Å². The molecule has 3 aliphatic rings. The Hall–Kier alpha value is -5.46. The highest BCUT2D eigenvalue weighted by Gasteiger charge is 2.33. The van der Waals surface area contributed by atoms with E-state index in [-0.39, 0.29) is 11.8 Å². The Morgan fingerprint density at radius 1 is 0.913 bits per heavy atom. The molecule has 4 heterocycles. The molecule has 4 aromatic rings. The molecule has 3 aliphatic heterocycles. The zero-order valence-electron chi connectivity index (χ0n) is 24.4.